The van der Waals surface area contributed by atoms with Crippen LogP contribution in [0.3, 0.4) is 0 Å². The Bertz CT molecular complexity index is 3630. The predicted octanol–water partition coefficient (Wildman–Crippen LogP) is 16.7. The van der Waals surface area contributed by atoms with Crippen molar-refractivity contribution in [1.82, 2.24) is 4.57 Å². The van der Waals surface area contributed by atoms with E-state index >= 15 is 0 Å². The Hall–Kier alpha value is -7.94. The third-order valence-electron chi connectivity index (χ3n) is 14.0. The number of fused-ring (bicyclic) bond motifs is 13. The van der Waals surface area contributed by atoms with Gasteiger partial charge in [0.15, 0.2) is 0 Å². The van der Waals surface area contributed by atoms with E-state index in [1.165, 1.54) is 99.2 Å². The molecule has 2 nitrogen and oxygen atoms in total. The molecule has 11 aromatic rings. The first-order valence-corrected chi connectivity index (χ1v) is 22.0. The van der Waals surface area contributed by atoms with E-state index in [0.717, 1.165) is 22.7 Å². The number of rotatable bonds is 5. The van der Waals surface area contributed by atoms with E-state index in [1.807, 2.05) is 0 Å². The summed E-state index contributed by atoms with van der Waals surface area (Å²) < 4.78 is 2.39. The van der Waals surface area contributed by atoms with Gasteiger partial charge in [-0.15, -0.1) is 0 Å². The summed E-state index contributed by atoms with van der Waals surface area (Å²) in [5, 5.41) is 6.47. The van der Waals surface area contributed by atoms with E-state index in [-0.39, 0.29) is 5.41 Å². The van der Waals surface area contributed by atoms with Crippen LogP contribution in [0, 0.1) is 0 Å². The van der Waals surface area contributed by atoms with Gasteiger partial charge in [0.1, 0.15) is 0 Å². The Morgan fingerprint density at radius 1 is 0.365 bits per heavy atom. The number of hydrogen-bond donors (Lipinski definition) is 0. The molecule has 296 valence electrons. The standard InChI is InChI=1S/C61H42N2/c1-61(2)55-25-13-12-20-48(55)49-36-35-44(37-56(49)61)63(42-15-4-3-5-16-42)43-33-29-40(30-34-43)39-27-31-41(32-28-39)62-38-54-47-19-8-11-23-52(47)59-50-21-9-6-17-45(50)46-18-7-10-22-51(46)60(59)53-24-14-26-57(62)58(53)54/h3-38H,1-2H3. The Balaban J connectivity index is 0.890. The molecule has 1 aromatic heterocycles. The normalized spacial score (nSPS) is 13.0. The zero-order valence-corrected chi connectivity index (χ0v) is 35.2. The average Bonchev–Trinajstić information content (AvgIpc) is 3.80. The molecule has 0 N–H and O–H groups in total. The minimum atomic E-state index is -0.0766. The molecule has 0 unspecified atom stereocenters. The second-order valence-corrected chi connectivity index (χ2v) is 17.7. The molecule has 2 heteroatoms. The highest BCUT2D eigenvalue weighted by molar-refractivity contribution is 6.27. The number of benzene rings is 10. The van der Waals surface area contributed by atoms with Crippen molar-refractivity contribution in [3.8, 4) is 61.3 Å². The van der Waals surface area contributed by atoms with Crippen LogP contribution in [0.15, 0.2) is 219 Å². The quantitative estimate of drug-likeness (QED) is 0.157. The lowest BCUT2D eigenvalue weighted by Crippen LogP contribution is -2.16. The minimum absolute atomic E-state index is 0.0766. The second-order valence-electron chi connectivity index (χ2n) is 17.7. The lowest BCUT2D eigenvalue weighted by Gasteiger charge is -2.28. The van der Waals surface area contributed by atoms with Gasteiger partial charge in [0.05, 0.1) is 5.52 Å². The smallest absolute Gasteiger partial charge is 0.0541 e. The maximum Gasteiger partial charge on any atom is 0.0541 e. The average molecular weight is 803 g/mol. The van der Waals surface area contributed by atoms with Crippen LogP contribution in [-0.4, -0.2) is 4.57 Å². The van der Waals surface area contributed by atoms with Crippen molar-refractivity contribution in [2.24, 2.45) is 0 Å². The van der Waals surface area contributed by atoms with Gasteiger partial charge in [0.25, 0.3) is 0 Å². The summed E-state index contributed by atoms with van der Waals surface area (Å²) in [4.78, 5) is 2.38. The molecular formula is C61H42N2. The fraction of sp³-hybridized carbons (Fsp3) is 0.0492. The topological polar surface area (TPSA) is 8.17 Å². The first-order valence-electron chi connectivity index (χ1n) is 22.0. The highest BCUT2D eigenvalue weighted by Crippen LogP contribution is 2.54. The highest BCUT2D eigenvalue weighted by atomic mass is 15.1. The SMILES string of the molecule is CC1(C)c2ccccc2-c2ccc(N(c3ccccc3)c3ccc(-c4ccc(-n5cc6c7c(cccc75)-c5c(c7ccccc7c7ccccc57)-c5ccccc5-6)cc4)cc3)cc21. The van der Waals surface area contributed by atoms with E-state index in [1.54, 1.807) is 0 Å². The Morgan fingerprint density at radius 2 is 0.889 bits per heavy atom. The molecule has 0 saturated heterocycles. The van der Waals surface area contributed by atoms with E-state index < -0.39 is 0 Å². The van der Waals surface area contributed by atoms with Crippen LogP contribution in [-0.2, 0) is 5.41 Å². The molecule has 63 heavy (non-hydrogen) atoms. The van der Waals surface area contributed by atoms with Gasteiger partial charge in [-0.25, -0.2) is 0 Å². The fourth-order valence-electron chi connectivity index (χ4n) is 11.0. The van der Waals surface area contributed by atoms with Crippen LogP contribution in [0.2, 0.25) is 0 Å². The lowest BCUT2D eigenvalue weighted by molar-refractivity contribution is 0.660. The Labute approximate surface area is 367 Å². The second kappa shape index (κ2) is 13.5. The van der Waals surface area contributed by atoms with E-state index in [2.05, 4.69) is 242 Å². The van der Waals surface area contributed by atoms with Gasteiger partial charge in [0, 0.05) is 45.3 Å². The Kier molecular flexibility index (Phi) is 7.68. The van der Waals surface area contributed by atoms with E-state index in [4.69, 9.17) is 0 Å². The van der Waals surface area contributed by atoms with Gasteiger partial charge >= 0.3 is 0 Å². The van der Waals surface area contributed by atoms with Crippen LogP contribution < -0.4 is 4.90 Å². The van der Waals surface area contributed by atoms with Gasteiger partial charge < -0.3 is 9.47 Å². The molecule has 0 radical (unpaired) electrons. The van der Waals surface area contributed by atoms with Crippen LogP contribution in [0.4, 0.5) is 17.1 Å². The first-order chi connectivity index (χ1) is 31.0. The Morgan fingerprint density at radius 3 is 1.60 bits per heavy atom. The summed E-state index contributed by atoms with van der Waals surface area (Å²) in [5.74, 6) is 0. The van der Waals surface area contributed by atoms with Crippen LogP contribution in [0.25, 0.3) is 93.8 Å². The summed E-state index contributed by atoms with van der Waals surface area (Å²) >= 11 is 0. The zero-order chi connectivity index (χ0) is 41.8. The zero-order valence-electron chi connectivity index (χ0n) is 35.2. The van der Waals surface area contributed by atoms with Gasteiger partial charge in [-0.2, -0.15) is 0 Å². The minimum Gasteiger partial charge on any atom is -0.316 e. The van der Waals surface area contributed by atoms with Gasteiger partial charge in [0.2, 0.25) is 0 Å². The van der Waals surface area contributed by atoms with Crippen molar-refractivity contribution < 1.29 is 0 Å². The largest absolute Gasteiger partial charge is 0.316 e. The van der Waals surface area contributed by atoms with Crippen LogP contribution >= 0.6 is 0 Å². The maximum absolute atomic E-state index is 2.40. The number of nitrogens with zero attached hydrogens (tertiary/aromatic N) is 2. The fourth-order valence-corrected chi connectivity index (χ4v) is 11.0. The number of para-hydroxylation sites is 1. The molecule has 0 fully saturated rings. The molecule has 2 aliphatic carbocycles. The molecule has 2 aliphatic rings. The first kappa shape index (κ1) is 35.8. The predicted molar refractivity (Wildman–Crippen MR) is 266 cm³/mol. The van der Waals surface area contributed by atoms with Gasteiger partial charge in [-0.3, -0.25) is 0 Å². The molecule has 0 saturated carbocycles. The lowest BCUT2D eigenvalue weighted by atomic mass is 9.82. The van der Waals surface area contributed by atoms with Crippen molar-refractivity contribution in [3.63, 3.8) is 0 Å². The van der Waals surface area contributed by atoms with E-state index in [9.17, 15) is 0 Å². The molecular weight excluding hydrogens is 761 g/mol. The van der Waals surface area contributed by atoms with Crippen molar-refractivity contribution in [1.29, 1.82) is 0 Å². The molecule has 0 amide bonds. The summed E-state index contributed by atoms with van der Waals surface area (Å²) in [5.41, 5.74) is 21.2. The summed E-state index contributed by atoms with van der Waals surface area (Å²) in [6, 6.07) is 78.4. The van der Waals surface area contributed by atoms with Gasteiger partial charge in [-0.05, 0) is 137 Å². The van der Waals surface area contributed by atoms with E-state index in [0.29, 0.717) is 0 Å². The monoisotopic (exact) mass is 802 g/mol. The molecule has 0 spiro atoms. The number of hydrogen-bond acceptors (Lipinski definition) is 1. The van der Waals surface area contributed by atoms with Crippen molar-refractivity contribution in [2.75, 3.05) is 4.90 Å². The highest BCUT2D eigenvalue weighted by Gasteiger charge is 2.36. The summed E-state index contributed by atoms with van der Waals surface area (Å²) in [7, 11) is 0. The van der Waals surface area contributed by atoms with Crippen molar-refractivity contribution in [2.45, 2.75) is 19.3 Å². The van der Waals surface area contributed by atoms with Crippen molar-refractivity contribution in [3.05, 3.63) is 230 Å². The third kappa shape index (κ3) is 5.25. The van der Waals surface area contributed by atoms with Crippen molar-refractivity contribution >= 4 is 49.5 Å². The third-order valence-corrected chi connectivity index (χ3v) is 14.0. The molecule has 1 heterocycles. The number of anilines is 3. The molecule has 0 aliphatic heterocycles. The molecule has 10 aromatic carbocycles. The maximum atomic E-state index is 2.40. The summed E-state index contributed by atoms with van der Waals surface area (Å²) in [6.07, 6.45) is 2.37. The number of aromatic nitrogens is 1. The molecule has 13 rings (SSSR count). The van der Waals surface area contributed by atoms with Crippen LogP contribution in [0.5, 0.6) is 0 Å². The van der Waals surface area contributed by atoms with Gasteiger partial charge in [-0.1, -0.05) is 172 Å². The molecule has 0 bridgehead atoms. The molecule has 0 atom stereocenters. The summed E-state index contributed by atoms with van der Waals surface area (Å²) in [6.45, 7) is 4.70. The van der Waals surface area contributed by atoms with Crippen LogP contribution in [0.1, 0.15) is 25.0 Å².